The summed E-state index contributed by atoms with van der Waals surface area (Å²) in [5, 5.41) is 3.93. The molecule has 1 unspecified atom stereocenters. The highest BCUT2D eigenvalue weighted by Crippen LogP contribution is 2.37. The number of nitrogens with one attached hydrogen (secondary N) is 1. The predicted molar refractivity (Wildman–Crippen MR) is 108 cm³/mol. The number of aromatic nitrogens is 2. The van der Waals surface area contributed by atoms with Crippen molar-refractivity contribution in [2.45, 2.75) is 25.9 Å². The number of ether oxygens (including phenoxy) is 3. The number of fused-ring (bicyclic) bond motifs is 1. The number of carbonyl (C=O) groups excluding carboxylic acids is 1. The minimum absolute atomic E-state index is 0.134. The Bertz CT molecular complexity index is 1050. The fraction of sp³-hybridized carbons (Fsp3) is 0.350. The Labute approximate surface area is 170 Å². The van der Waals surface area contributed by atoms with Gasteiger partial charge in [-0.1, -0.05) is 0 Å². The van der Waals surface area contributed by atoms with Gasteiger partial charge in [-0.2, -0.15) is 0 Å². The fourth-order valence-electron chi connectivity index (χ4n) is 3.26. The molecule has 1 N–H and O–H groups in total. The summed E-state index contributed by atoms with van der Waals surface area (Å²) in [7, 11) is 1.34. The molecule has 0 saturated carbocycles. The van der Waals surface area contributed by atoms with E-state index < -0.39 is 11.8 Å². The number of rotatable bonds is 5. The van der Waals surface area contributed by atoms with Crippen LogP contribution in [0.2, 0.25) is 0 Å². The Morgan fingerprint density at radius 2 is 2.24 bits per heavy atom. The number of hydrogen-bond acceptors (Lipinski definition) is 8. The number of thiophene rings is 1. The summed E-state index contributed by atoms with van der Waals surface area (Å²) in [6.45, 7) is 3.01. The van der Waals surface area contributed by atoms with Crippen molar-refractivity contribution in [1.29, 1.82) is 0 Å². The molecule has 0 radical (unpaired) electrons. The van der Waals surface area contributed by atoms with E-state index in [1.165, 1.54) is 36.9 Å². The molecule has 3 aromatic rings. The first-order valence-electron chi connectivity index (χ1n) is 9.20. The largest absolute Gasteiger partial charge is 0.486 e. The van der Waals surface area contributed by atoms with Crippen LogP contribution in [0.15, 0.2) is 24.5 Å². The number of esters is 1. The number of methoxy groups -OCH3 is 1. The van der Waals surface area contributed by atoms with Crippen molar-refractivity contribution < 1.29 is 23.4 Å². The number of halogens is 1. The maximum Gasteiger partial charge on any atom is 0.348 e. The first-order chi connectivity index (χ1) is 14.1. The lowest BCUT2D eigenvalue weighted by molar-refractivity contribution is 0.00763. The molecule has 0 aliphatic carbocycles. The van der Waals surface area contributed by atoms with Crippen molar-refractivity contribution in [3.8, 4) is 5.75 Å². The molecule has 0 bridgehead atoms. The zero-order chi connectivity index (χ0) is 20.4. The molecule has 1 atom stereocenters. The molecule has 1 aliphatic rings. The van der Waals surface area contributed by atoms with Gasteiger partial charge < -0.3 is 19.5 Å². The zero-order valence-electron chi connectivity index (χ0n) is 16.0. The van der Waals surface area contributed by atoms with Crippen LogP contribution < -0.4 is 10.1 Å². The van der Waals surface area contributed by atoms with Crippen LogP contribution in [-0.4, -0.2) is 42.4 Å². The lowest BCUT2D eigenvalue weighted by atomic mass is 10.1. The number of benzene rings is 1. The second-order valence-electron chi connectivity index (χ2n) is 6.67. The van der Waals surface area contributed by atoms with Gasteiger partial charge in [0.1, 0.15) is 39.5 Å². The van der Waals surface area contributed by atoms with Crippen molar-refractivity contribution in [3.05, 3.63) is 40.8 Å². The summed E-state index contributed by atoms with van der Waals surface area (Å²) in [5.74, 6) is 0.0814. The number of aryl methyl sites for hydroxylation is 1. The molecule has 3 heterocycles. The Kier molecular flexibility index (Phi) is 5.59. The molecule has 0 spiro atoms. The van der Waals surface area contributed by atoms with Crippen LogP contribution >= 0.6 is 11.3 Å². The van der Waals surface area contributed by atoms with Crippen LogP contribution in [0.4, 0.5) is 15.9 Å². The summed E-state index contributed by atoms with van der Waals surface area (Å²) < 4.78 is 30.2. The third-order valence-electron chi connectivity index (χ3n) is 4.71. The van der Waals surface area contributed by atoms with Gasteiger partial charge in [0.25, 0.3) is 0 Å². The molecule has 4 rings (SSSR count). The summed E-state index contributed by atoms with van der Waals surface area (Å²) in [4.78, 5) is 21.8. The predicted octanol–water partition coefficient (Wildman–Crippen LogP) is 4.23. The van der Waals surface area contributed by atoms with Gasteiger partial charge in [-0.05, 0) is 37.5 Å². The van der Waals surface area contributed by atoms with Crippen molar-refractivity contribution in [3.63, 3.8) is 0 Å². The lowest BCUT2D eigenvalue weighted by Gasteiger charge is -2.24. The third kappa shape index (κ3) is 4.01. The molecule has 2 aromatic heterocycles. The van der Waals surface area contributed by atoms with E-state index in [2.05, 4.69) is 15.3 Å². The molecule has 1 aromatic carbocycles. The minimum atomic E-state index is -0.417. The fourth-order valence-corrected chi connectivity index (χ4v) is 4.33. The van der Waals surface area contributed by atoms with Crippen LogP contribution in [0.1, 0.15) is 28.1 Å². The molecule has 152 valence electrons. The average Bonchev–Trinajstić information content (AvgIpc) is 3.08. The van der Waals surface area contributed by atoms with Gasteiger partial charge in [0.15, 0.2) is 0 Å². The Morgan fingerprint density at radius 3 is 3.00 bits per heavy atom. The van der Waals surface area contributed by atoms with Gasteiger partial charge >= 0.3 is 5.97 Å². The van der Waals surface area contributed by atoms with Gasteiger partial charge in [-0.15, -0.1) is 11.3 Å². The van der Waals surface area contributed by atoms with Gasteiger partial charge in [0.2, 0.25) is 0 Å². The lowest BCUT2D eigenvalue weighted by Crippen LogP contribution is -2.28. The number of nitrogens with zero attached hydrogens (tertiary/aromatic N) is 2. The summed E-state index contributed by atoms with van der Waals surface area (Å²) in [6, 6.07) is 4.30. The summed E-state index contributed by atoms with van der Waals surface area (Å²) in [5.41, 5.74) is 1.30. The van der Waals surface area contributed by atoms with E-state index in [1.807, 2.05) is 6.92 Å². The molecule has 29 heavy (non-hydrogen) atoms. The van der Waals surface area contributed by atoms with E-state index in [4.69, 9.17) is 14.2 Å². The molecule has 1 aliphatic heterocycles. The standard InChI is InChI=1S/C20H20FN3O4S/c1-11-16-18(22-10-23-19(16)29-17(11)20(25)26-2)24-14-6-5-12(21)8-15(14)28-13-4-3-7-27-9-13/h5-6,8,10,13H,3-4,7,9H2,1-2H3,(H,22,23,24). The van der Waals surface area contributed by atoms with Crippen LogP contribution in [0.25, 0.3) is 10.2 Å². The van der Waals surface area contributed by atoms with Gasteiger partial charge in [-0.3, -0.25) is 0 Å². The maximum absolute atomic E-state index is 13.9. The van der Waals surface area contributed by atoms with Gasteiger partial charge in [0, 0.05) is 12.7 Å². The van der Waals surface area contributed by atoms with Crippen LogP contribution in [0.3, 0.4) is 0 Å². The summed E-state index contributed by atoms with van der Waals surface area (Å²) in [6.07, 6.45) is 3.03. The highest BCUT2D eigenvalue weighted by atomic mass is 32.1. The van der Waals surface area contributed by atoms with Gasteiger partial charge in [-0.25, -0.2) is 19.2 Å². The first kappa shape index (κ1) is 19.5. The van der Waals surface area contributed by atoms with Crippen LogP contribution in [-0.2, 0) is 9.47 Å². The maximum atomic E-state index is 13.9. The van der Waals surface area contributed by atoms with Gasteiger partial charge in [0.05, 0.1) is 24.8 Å². The second kappa shape index (κ2) is 8.30. The van der Waals surface area contributed by atoms with E-state index in [9.17, 15) is 9.18 Å². The van der Waals surface area contributed by atoms with E-state index in [1.54, 1.807) is 6.07 Å². The number of hydrogen-bond donors (Lipinski definition) is 1. The molecular weight excluding hydrogens is 397 g/mol. The van der Waals surface area contributed by atoms with E-state index in [-0.39, 0.29) is 6.10 Å². The minimum Gasteiger partial charge on any atom is -0.486 e. The Morgan fingerprint density at radius 1 is 1.38 bits per heavy atom. The Balaban J connectivity index is 1.70. The van der Waals surface area contributed by atoms with Crippen molar-refractivity contribution >= 4 is 39.0 Å². The molecule has 1 fully saturated rings. The normalized spacial score (nSPS) is 16.6. The summed E-state index contributed by atoms with van der Waals surface area (Å²) >= 11 is 1.24. The number of anilines is 2. The SMILES string of the molecule is COC(=O)c1sc2ncnc(Nc3ccc(F)cc3OC3CCCOC3)c2c1C. The van der Waals surface area contributed by atoms with Crippen molar-refractivity contribution in [2.24, 2.45) is 0 Å². The highest BCUT2D eigenvalue weighted by Gasteiger charge is 2.21. The smallest absolute Gasteiger partial charge is 0.348 e. The third-order valence-corrected chi connectivity index (χ3v) is 5.89. The zero-order valence-corrected chi connectivity index (χ0v) is 16.8. The van der Waals surface area contributed by atoms with E-state index in [0.29, 0.717) is 45.6 Å². The van der Waals surface area contributed by atoms with Crippen molar-refractivity contribution in [1.82, 2.24) is 9.97 Å². The molecule has 0 amide bonds. The molecule has 9 heteroatoms. The van der Waals surface area contributed by atoms with E-state index >= 15 is 0 Å². The topological polar surface area (TPSA) is 82.6 Å². The highest BCUT2D eigenvalue weighted by molar-refractivity contribution is 7.20. The van der Waals surface area contributed by atoms with Crippen molar-refractivity contribution in [2.75, 3.05) is 25.6 Å². The quantitative estimate of drug-likeness (QED) is 0.622. The Hall–Kier alpha value is -2.78. The molecule has 7 nitrogen and oxygen atoms in total. The van der Waals surface area contributed by atoms with E-state index in [0.717, 1.165) is 18.4 Å². The first-order valence-corrected chi connectivity index (χ1v) is 10.0. The van der Waals surface area contributed by atoms with Crippen LogP contribution in [0.5, 0.6) is 5.75 Å². The average molecular weight is 417 g/mol. The second-order valence-corrected chi connectivity index (χ2v) is 7.67. The monoisotopic (exact) mass is 417 g/mol. The number of carbonyl (C=O) groups is 1. The molecular formula is C20H20FN3O4S. The van der Waals surface area contributed by atoms with Crippen LogP contribution in [0, 0.1) is 12.7 Å². The molecule has 1 saturated heterocycles.